The Morgan fingerprint density at radius 2 is 2.00 bits per heavy atom. The van der Waals surface area contributed by atoms with E-state index in [1.54, 1.807) is 0 Å². The van der Waals surface area contributed by atoms with E-state index in [0.717, 1.165) is 0 Å². The van der Waals surface area contributed by atoms with Crippen LogP contribution in [-0.2, 0) is 4.74 Å². The maximum Gasteiger partial charge on any atom is 0.573 e. The Morgan fingerprint density at radius 1 is 1.56 bits per heavy atom. The molecule has 0 atom stereocenters. The molecule has 0 aromatic rings. The van der Waals surface area contributed by atoms with E-state index in [1.165, 1.54) is 0 Å². The molecule has 0 bridgehead atoms. The van der Waals surface area contributed by atoms with Gasteiger partial charge >= 0.3 is 6.36 Å². The summed E-state index contributed by atoms with van der Waals surface area (Å²) in [6.07, 6.45) is -4.35. The highest BCUT2D eigenvalue weighted by Gasteiger charge is 2.30. The van der Waals surface area contributed by atoms with Crippen molar-refractivity contribution in [3.63, 3.8) is 0 Å². The third-order valence-electron chi connectivity index (χ3n) is 0.408. The lowest BCUT2D eigenvalue weighted by Gasteiger charge is -2.05. The molecule has 0 aliphatic heterocycles. The van der Waals surface area contributed by atoms with Gasteiger partial charge in [0.2, 0.25) is 0 Å². The van der Waals surface area contributed by atoms with Crippen LogP contribution in [-0.4, -0.2) is 12.6 Å². The maximum absolute atomic E-state index is 11.1. The fraction of sp³-hybridized carbons (Fsp3) is 0.250. The van der Waals surface area contributed by atoms with Gasteiger partial charge in [0.25, 0.3) is 0 Å². The van der Waals surface area contributed by atoms with Gasteiger partial charge in [-0.1, -0.05) is 6.58 Å². The number of hydrogen-bond acceptors (Lipinski definition) is 2. The SMILES string of the molecule is C=C(C=N)OC(F)(F)F. The van der Waals surface area contributed by atoms with Gasteiger partial charge in [-0.3, -0.25) is 0 Å². The van der Waals surface area contributed by atoms with Crippen molar-refractivity contribution in [2.24, 2.45) is 0 Å². The molecule has 2 nitrogen and oxygen atoms in total. The molecule has 0 aromatic carbocycles. The van der Waals surface area contributed by atoms with Crippen LogP contribution in [0.25, 0.3) is 0 Å². The number of ether oxygens (including phenoxy) is 1. The Bertz CT molecular complexity index is 128. The number of rotatable bonds is 2. The summed E-state index contributed by atoms with van der Waals surface area (Å²) in [5.74, 6) is -0.720. The Kier molecular flexibility index (Phi) is 2.24. The normalized spacial score (nSPS) is 10.6. The highest BCUT2D eigenvalue weighted by atomic mass is 19.4. The molecule has 0 amide bonds. The average Bonchev–Trinajstić information content (AvgIpc) is 1.62. The monoisotopic (exact) mass is 139 g/mol. The Hall–Kier alpha value is -1.00. The van der Waals surface area contributed by atoms with E-state index in [2.05, 4.69) is 11.3 Å². The summed E-state index contributed by atoms with van der Waals surface area (Å²) in [6.45, 7) is 2.77. The molecule has 1 N–H and O–H groups in total. The summed E-state index contributed by atoms with van der Waals surface area (Å²) in [5.41, 5.74) is 0. The zero-order chi connectivity index (χ0) is 7.49. The third kappa shape index (κ3) is 4.86. The molecule has 0 aliphatic carbocycles. The van der Waals surface area contributed by atoms with Crippen molar-refractivity contribution in [3.05, 3.63) is 12.3 Å². The molecule has 0 saturated carbocycles. The zero-order valence-electron chi connectivity index (χ0n) is 4.33. The highest BCUT2D eigenvalue weighted by molar-refractivity contribution is 5.71. The van der Waals surface area contributed by atoms with E-state index in [-0.39, 0.29) is 0 Å². The molecule has 0 heterocycles. The number of allylic oxidation sites excluding steroid dienone is 1. The quantitative estimate of drug-likeness (QED) is 0.458. The fourth-order valence-corrected chi connectivity index (χ4v) is 0.178. The fourth-order valence-electron chi connectivity index (χ4n) is 0.178. The molecule has 0 fully saturated rings. The van der Waals surface area contributed by atoms with Gasteiger partial charge < -0.3 is 10.1 Å². The molecule has 5 heteroatoms. The smallest absolute Gasteiger partial charge is 0.405 e. The van der Waals surface area contributed by atoms with Gasteiger partial charge in [-0.2, -0.15) is 0 Å². The van der Waals surface area contributed by atoms with Crippen LogP contribution in [0.3, 0.4) is 0 Å². The number of halogens is 3. The second kappa shape index (κ2) is 2.52. The van der Waals surface area contributed by atoms with Crippen molar-refractivity contribution in [2.45, 2.75) is 6.36 Å². The van der Waals surface area contributed by atoms with Crippen LogP contribution in [0.4, 0.5) is 13.2 Å². The largest absolute Gasteiger partial charge is 0.573 e. The van der Waals surface area contributed by atoms with Crippen molar-refractivity contribution in [2.75, 3.05) is 0 Å². The molecular formula is C4H4F3NO. The van der Waals surface area contributed by atoms with Gasteiger partial charge in [-0.25, -0.2) is 0 Å². The average molecular weight is 139 g/mol. The summed E-state index contributed by atoms with van der Waals surface area (Å²) in [6, 6.07) is 0. The van der Waals surface area contributed by atoms with Crippen LogP contribution in [0.2, 0.25) is 0 Å². The lowest BCUT2D eigenvalue weighted by atomic mass is 10.6. The summed E-state index contributed by atoms with van der Waals surface area (Å²) < 4.78 is 36.5. The van der Waals surface area contributed by atoms with E-state index in [0.29, 0.717) is 6.21 Å². The van der Waals surface area contributed by atoms with Crippen molar-refractivity contribution >= 4 is 6.21 Å². The first-order chi connectivity index (χ1) is 3.95. The van der Waals surface area contributed by atoms with Crippen molar-refractivity contribution in [3.8, 4) is 0 Å². The maximum atomic E-state index is 11.1. The van der Waals surface area contributed by atoms with Gasteiger partial charge in [0.05, 0.1) is 6.21 Å². The topological polar surface area (TPSA) is 33.1 Å². The Morgan fingerprint density at radius 3 is 2.11 bits per heavy atom. The molecule has 0 spiro atoms. The third-order valence-corrected chi connectivity index (χ3v) is 0.408. The van der Waals surface area contributed by atoms with E-state index in [1.807, 2.05) is 0 Å². The molecule has 9 heavy (non-hydrogen) atoms. The molecular weight excluding hydrogens is 135 g/mol. The van der Waals surface area contributed by atoms with Crippen LogP contribution >= 0.6 is 0 Å². The molecule has 0 unspecified atom stereocenters. The van der Waals surface area contributed by atoms with E-state index < -0.39 is 12.1 Å². The number of nitrogens with one attached hydrogen (secondary N) is 1. The zero-order valence-corrected chi connectivity index (χ0v) is 4.33. The van der Waals surface area contributed by atoms with E-state index >= 15 is 0 Å². The lowest BCUT2D eigenvalue weighted by molar-refractivity contribution is -0.301. The molecule has 0 radical (unpaired) electrons. The van der Waals surface area contributed by atoms with Gasteiger partial charge in [0.15, 0.2) is 0 Å². The minimum Gasteiger partial charge on any atom is -0.405 e. The molecule has 0 aliphatic rings. The molecule has 0 rings (SSSR count). The molecule has 0 saturated heterocycles. The van der Waals surface area contributed by atoms with Crippen LogP contribution in [0.5, 0.6) is 0 Å². The van der Waals surface area contributed by atoms with Gasteiger partial charge in [-0.05, 0) is 0 Å². The number of hydrogen-bond donors (Lipinski definition) is 1. The van der Waals surface area contributed by atoms with Crippen LogP contribution < -0.4 is 0 Å². The summed E-state index contributed by atoms with van der Waals surface area (Å²) in [7, 11) is 0. The summed E-state index contributed by atoms with van der Waals surface area (Å²) in [4.78, 5) is 0. The highest BCUT2D eigenvalue weighted by Crippen LogP contribution is 2.18. The number of alkyl halides is 3. The van der Waals surface area contributed by atoms with E-state index in [4.69, 9.17) is 5.41 Å². The van der Waals surface area contributed by atoms with Crippen molar-refractivity contribution < 1.29 is 17.9 Å². The van der Waals surface area contributed by atoms with Crippen LogP contribution in [0, 0.1) is 5.41 Å². The molecule has 52 valence electrons. The van der Waals surface area contributed by atoms with Gasteiger partial charge in [-0.15, -0.1) is 13.2 Å². The van der Waals surface area contributed by atoms with Gasteiger partial charge in [0, 0.05) is 0 Å². The summed E-state index contributed by atoms with van der Waals surface area (Å²) >= 11 is 0. The second-order valence-corrected chi connectivity index (χ2v) is 1.16. The summed E-state index contributed by atoms with van der Waals surface area (Å²) in [5, 5.41) is 6.24. The first kappa shape index (κ1) is 8.00. The molecule has 0 aromatic heterocycles. The lowest BCUT2D eigenvalue weighted by Crippen LogP contribution is -2.12. The predicted molar refractivity (Wildman–Crippen MR) is 25.1 cm³/mol. The standard InChI is InChI=1S/C4H4F3NO/c1-3(2-8)9-4(5,6)7/h2,8H,1H2. The minimum atomic E-state index is -4.73. The van der Waals surface area contributed by atoms with Crippen molar-refractivity contribution in [1.29, 1.82) is 5.41 Å². The van der Waals surface area contributed by atoms with Crippen LogP contribution in [0.1, 0.15) is 0 Å². The Balaban J connectivity index is 3.74. The first-order valence-electron chi connectivity index (χ1n) is 1.91. The minimum absolute atomic E-state index is 0.382. The first-order valence-corrected chi connectivity index (χ1v) is 1.91. The van der Waals surface area contributed by atoms with E-state index in [9.17, 15) is 13.2 Å². The predicted octanol–water partition coefficient (Wildman–Crippen LogP) is 1.69. The van der Waals surface area contributed by atoms with Crippen molar-refractivity contribution in [1.82, 2.24) is 0 Å². The Labute approximate surface area is 49.4 Å². The van der Waals surface area contributed by atoms with Crippen LogP contribution in [0.15, 0.2) is 12.3 Å². The van der Waals surface area contributed by atoms with Gasteiger partial charge in [0.1, 0.15) is 5.76 Å². The second-order valence-electron chi connectivity index (χ2n) is 1.16.